The number of halogens is 1. The zero-order valence-corrected chi connectivity index (χ0v) is 20.0. The average molecular weight is 476 g/mol. The molecular weight excluding hydrogens is 442 g/mol. The van der Waals surface area contributed by atoms with Crippen LogP contribution >= 0.6 is 11.6 Å². The number of nitrogen functional groups attached to an aromatic ring is 1. The van der Waals surface area contributed by atoms with Gasteiger partial charge in [0, 0.05) is 37.4 Å². The van der Waals surface area contributed by atoms with Crippen LogP contribution < -0.4 is 27.3 Å². The molecule has 2 aromatic rings. The summed E-state index contributed by atoms with van der Waals surface area (Å²) in [6, 6.07) is 12.2. The van der Waals surface area contributed by atoms with Crippen molar-refractivity contribution >= 4 is 29.1 Å². The zero-order chi connectivity index (χ0) is 24.4. The molecule has 0 unspecified atom stereocenters. The fourth-order valence-electron chi connectivity index (χ4n) is 3.28. The maximum atomic E-state index is 12.4. The molecule has 0 atom stereocenters. The van der Waals surface area contributed by atoms with Crippen molar-refractivity contribution in [2.24, 2.45) is 16.9 Å². The van der Waals surface area contributed by atoms with Gasteiger partial charge in [0.25, 0.3) is 5.91 Å². The van der Waals surface area contributed by atoms with Gasteiger partial charge in [-0.1, -0.05) is 31.5 Å². The van der Waals surface area contributed by atoms with Crippen molar-refractivity contribution in [2.45, 2.75) is 26.8 Å². The number of ether oxygens (including phenoxy) is 1. The number of rotatable bonds is 12. The minimum Gasteiger partial charge on any atom is -0.492 e. The van der Waals surface area contributed by atoms with Crippen molar-refractivity contribution in [3.05, 3.63) is 58.6 Å². The highest BCUT2D eigenvalue weighted by atomic mass is 35.5. The van der Waals surface area contributed by atoms with Crippen LogP contribution in [0, 0.1) is 5.41 Å². The quantitative estimate of drug-likeness (QED) is 0.275. The second-order valence-electron chi connectivity index (χ2n) is 8.66. The molecule has 0 heterocycles. The Morgan fingerprint density at radius 2 is 1.82 bits per heavy atom. The Hall–Kier alpha value is -2.81. The zero-order valence-electron chi connectivity index (χ0n) is 19.3. The number of amides is 2. The molecule has 8 nitrogen and oxygen atoms in total. The van der Waals surface area contributed by atoms with Crippen LogP contribution in [0.25, 0.3) is 0 Å². The van der Waals surface area contributed by atoms with E-state index in [4.69, 9.17) is 33.5 Å². The summed E-state index contributed by atoms with van der Waals surface area (Å²) in [6.07, 6.45) is 0.606. The number of carbonyl (C=O) groups is 2. The minimum atomic E-state index is -0.365. The molecule has 9 heteroatoms. The summed E-state index contributed by atoms with van der Waals surface area (Å²) in [4.78, 5) is 26.5. The number of nitrogens with two attached hydrogens (primary N) is 3. The summed E-state index contributed by atoms with van der Waals surface area (Å²) in [7, 11) is 0. The lowest BCUT2D eigenvalue weighted by Crippen LogP contribution is -2.46. The highest BCUT2D eigenvalue weighted by molar-refractivity contribution is 6.32. The molecule has 0 aliphatic heterocycles. The van der Waals surface area contributed by atoms with Crippen molar-refractivity contribution in [3.63, 3.8) is 0 Å². The summed E-state index contributed by atoms with van der Waals surface area (Å²) in [5.74, 6) is 0.236. The smallest absolute Gasteiger partial charge is 0.251 e. The van der Waals surface area contributed by atoms with E-state index in [0.717, 1.165) is 5.56 Å². The van der Waals surface area contributed by atoms with Crippen LogP contribution in [0.5, 0.6) is 5.75 Å². The normalized spacial score (nSPS) is 11.2. The third-order valence-corrected chi connectivity index (χ3v) is 5.40. The SMILES string of the molecule is CC(C)(CNC(=O)c1ccc(N)cc1)CN(CCCOc1ccc(CN)cc1Cl)C(=O)CN. The van der Waals surface area contributed by atoms with Crippen LogP contribution in [0.2, 0.25) is 5.02 Å². The number of nitrogens with zero attached hydrogens (tertiary/aromatic N) is 1. The van der Waals surface area contributed by atoms with Crippen molar-refractivity contribution in [1.82, 2.24) is 10.2 Å². The van der Waals surface area contributed by atoms with E-state index in [1.165, 1.54) is 0 Å². The van der Waals surface area contributed by atoms with Crippen LogP contribution in [0.1, 0.15) is 36.2 Å². The van der Waals surface area contributed by atoms with Crippen LogP contribution in [-0.4, -0.2) is 49.5 Å². The first-order valence-electron chi connectivity index (χ1n) is 10.9. The van der Waals surface area contributed by atoms with Gasteiger partial charge >= 0.3 is 0 Å². The summed E-state index contributed by atoms with van der Waals surface area (Å²) >= 11 is 6.22. The molecule has 180 valence electrons. The first kappa shape index (κ1) is 26.4. The highest BCUT2D eigenvalue weighted by Gasteiger charge is 2.25. The van der Waals surface area contributed by atoms with E-state index >= 15 is 0 Å². The Bertz CT molecular complexity index is 934. The van der Waals surface area contributed by atoms with E-state index < -0.39 is 0 Å². The molecule has 0 saturated carbocycles. The van der Waals surface area contributed by atoms with E-state index in [1.807, 2.05) is 19.9 Å². The first-order chi connectivity index (χ1) is 15.6. The summed E-state index contributed by atoms with van der Waals surface area (Å²) < 4.78 is 5.76. The lowest BCUT2D eigenvalue weighted by atomic mass is 9.92. The lowest BCUT2D eigenvalue weighted by Gasteiger charge is -2.33. The third-order valence-electron chi connectivity index (χ3n) is 5.11. The predicted molar refractivity (Wildman–Crippen MR) is 132 cm³/mol. The summed E-state index contributed by atoms with van der Waals surface area (Å²) in [5.41, 5.74) is 18.6. The van der Waals surface area contributed by atoms with Gasteiger partial charge in [0.15, 0.2) is 0 Å². The molecule has 0 spiro atoms. The van der Waals surface area contributed by atoms with E-state index in [-0.39, 0.29) is 23.8 Å². The summed E-state index contributed by atoms with van der Waals surface area (Å²) in [6.45, 7) is 6.01. The Labute approximate surface area is 200 Å². The van der Waals surface area contributed by atoms with E-state index in [1.54, 1.807) is 41.3 Å². The fraction of sp³-hybridized carbons (Fsp3) is 0.417. The van der Waals surface area contributed by atoms with Crippen molar-refractivity contribution < 1.29 is 14.3 Å². The number of hydrogen-bond donors (Lipinski definition) is 4. The number of anilines is 1. The van der Waals surface area contributed by atoms with Gasteiger partial charge in [0.05, 0.1) is 18.2 Å². The first-order valence-corrected chi connectivity index (χ1v) is 11.3. The molecule has 0 aliphatic carbocycles. The lowest BCUT2D eigenvalue weighted by molar-refractivity contribution is -0.131. The van der Waals surface area contributed by atoms with Gasteiger partial charge in [0.2, 0.25) is 5.91 Å². The maximum Gasteiger partial charge on any atom is 0.251 e. The second kappa shape index (κ2) is 12.4. The van der Waals surface area contributed by atoms with Crippen LogP contribution in [0.4, 0.5) is 5.69 Å². The van der Waals surface area contributed by atoms with Crippen LogP contribution in [-0.2, 0) is 11.3 Å². The predicted octanol–water partition coefficient (Wildman–Crippen LogP) is 2.39. The van der Waals surface area contributed by atoms with Gasteiger partial charge in [-0.25, -0.2) is 0 Å². The maximum absolute atomic E-state index is 12.4. The van der Waals surface area contributed by atoms with Gasteiger partial charge in [-0.05, 0) is 53.8 Å². The molecular formula is C24H34ClN5O3. The van der Waals surface area contributed by atoms with Gasteiger partial charge < -0.3 is 32.2 Å². The molecule has 2 rings (SSSR count). The Morgan fingerprint density at radius 1 is 1.12 bits per heavy atom. The van der Waals surface area contributed by atoms with E-state index in [2.05, 4.69) is 5.32 Å². The highest BCUT2D eigenvalue weighted by Crippen LogP contribution is 2.25. The Balaban J connectivity index is 1.87. The number of carbonyl (C=O) groups excluding carboxylic acids is 2. The average Bonchev–Trinajstić information content (AvgIpc) is 2.80. The van der Waals surface area contributed by atoms with Gasteiger partial charge in [-0.2, -0.15) is 0 Å². The number of nitrogens with one attached hydrogen (secondary N) is 1. The fourth-order valence-corrected chi connectivity index (χ4v) is 3.53. The molecule has 0 radical (unpaired) electrons. The van der Waals surface area contributed by atoms with Gasteiger partial charge in [0.1, 0.15) is 5.75 Å². The van der Waals surface area contributed by atoms with Crippen LogP contribution in [0.3, 0.4) is 0 Å². The van der Waals surface area contributed by atoms with Crippen molar-refractivity contribution in [3.8, 4) is 5.75 Å². The molecule has 0 aliphatic rings. The largest absolute Gasteiger partial charge is 0.492 e. The molecule has 2 amide bonds. The molecule has 33 heavy (non-hydrogen) atoms. The molecule has 0 bridgehead atoms. The summed E-state index contributed by atoms with van der Waals surface area (Å²) in [5, 5.41) is 3.43. The molecule has 7 N–H and O–H groups in total. The third kappa shape index (κ3) is 8.57. The molecule has 0 aromatic heterocycles. The van der Waals surface area contributed by atoms with Crippen LogP contribution in [0.15, 0.2) is 42.5 Å². The molecule has 0 fully saturated rings. The van der Waals surface area contributed by atoms with E-state index in [0.29, 0.717) is 61.2 Å². The van der Waals surface area contributed by atoms with E-state index in [9.17, 15) is 9.59 Å². The van der Waals surface area contributed by atoms with Crippen molar-refractivity contribution in [2.75, 3.05) is 38.5 Å². The second-order valence-corrected chi connectivity index (χ2v) is 9.07. The number of hydrogen-bond acceptors (Lipinski definition) is 6. The minimum absolute atomic E-state index is 0.0822. The van der Waals surface area contributed by atoms with Gasteiger partial charge in [-0.3, -0.25) is 9.59 Å². The monoisotopic (exact) mass is 475 g/mol. The van der Waals surface area contributed by atoms with Gasteiger partial charge in [-0.15, -0.1) is 0 Å². The van der Waals surface area contributed by atoms with Crippen molar-refractivity contribution in [1.29, 1.82) is 0 Å². The Morgan fingerprint density at radius 3 is 2.42 bits per heavy atom. The molecule has 2 aromatic carbocycles. The standard InChI is InChI=1S/C24H34ClN5O3/c1-24(2,15-29-23(32)18-5-7-19(28)8-6-18)16-30(22(31)14-27)10-3-11-33-21-9-4-17(13-26)12-20(21)25/h4-9,12H,3,10-11,13-16,26-28H2,1-2H3,(H,29,32). The molecule has 0 saturated heterocycles. The topological polar surface area (TPSA) is 137 Å². The number of benzene rings is 2. The Kier molecular flexibility index (Phi) is 9.96.